The van der Waals surface area contributed by atoms with Crippen LogP contribution in [0.4, 0.5) is 10.8 Å². The van der Waals surface area contributed by atoms with Crippen molar-refractivity contribution in [3.05, 3.63) is 40.4 Å². The summed E-state index contributed by atoms with van der Waals surface area (Å²) in [4.78, 5) is 18.0. The molecule has 0 radical (unpaired) electrons. The first-order chi connectivity index (χ1) is 9.15. The fourth-order valence-corrected chi connectivity index (χ4v) is 3.38. The second-order valence-corrected chi connectivity index (χ2v) is 5.80. The monoisotopic (exact) mass is 272 g/mol. The van der Waals surface area contributed by atoms with Crippen molar-refractivity contribution >= 4 is 27.9 Å². The third-order valence-electron chi connectivity index (χ3n) is 3.44. The zero-order chi connectivity index (χ0) is 13.4. The highest BCUT2D eigenvalue weighted by atomic mass is 32.1. The number of fused-ring (bicyclic) bond motifs is 1. The minimum Gasteiger partial charge on any atom is -0.318 e. The van der Waals surface area contributed by atoms with E-state index in [0.717, 1.165) is 24.5 Å². The molecule has 3 rings (SSSR count). The predicted octanol–water partition coefficient (Wildman–Crippen LogP) is 3.74. The van der Waals surface area contributed by atoms with Crippen LogP contribution in [0.15, 0.2) is 23.6 Å². The van der Waals surface area contributed by atoms with Crippen LogP contribution in [0.1, 0.15) is 35.0 Å². The van der Waals surface area contributed by atoms with Crippen LogP contribution in [0, 0.1) is 6.92 Å². The van der Waals surface area contributed by atoms with Gasteiger partial charge in [0.2, 0.25) is 0 Å². The van der Waals surface area contributed by atoms with Crippen molar-refractivity contribution in [3.63, 3.8) is 0 Å². The largest absolute Gasteiger partial charge is 0.318 e. The molecule has 19 heavy (non-hydrogen) atoms. The van der Waals surface area contributed by atoms with Gasteiger partial charge in [-0.15, -0.1) is 11.3 Å². The van der Waals surface area contributed by atoms with Crippen LogP contribution in [-0.4, -0.2) is 17.3 Å². The number of carbonyl (C=O) groups excluding carboxylic acids is 1. The molecular formula is C15H16N2OS. The number of nitrogens with zero attached hydrogens (tertiary/aromatic N) is 2. The third kappa shape index (κ3) is 2.28. The van der Waals surface area contributed by atoms with Crippen molar-refractivity contribution in [3.8, 4) is 0 Å². The Balaban J connectivity index is 2.00. The van der Waals surface area contributed by atoms with Gasteiger partial charge in [-0.25, -0.2) is 4.98 Å². The molecule has 0 bridgehead atoms. The van der Waals surface area contributed by atoms with Gasteiger partial charge in [0.15, 0.2) is 10.9 Å². The lowest BCUT2D eigenvalue weighted by Gasteiger charge is -2.29. The van der Waals surface area contributed by atoms with E-state index >= 15 is 0 Å². The van der Waals surface area contributed by atoms with Crippen molar-refractivity contribution in [1.82, 2.24) is 4.98 Å². The molecule has 0 aliphatic carbocycles. The zero-order valence-electron chi connectivity index (χ0n) is 11.1. The van der Waals surface area contributed by atoms with Crippen molar-refractivity contribution in [2.24, 2.45) is 0 Å². The summed E-state index contributed by atoms with van der Waals surface area (Å²) in [7, 11) is 0. The fraction of sp³-hybridized carbons (Fsp3) is 0.333. The molecule has 0 N–H and O–H groups in total. The van der Waals surface area contributed by atoms with E-state index < -0.39 is 0 Å². The normalized spacial score (nSPS) is 14.3. The molecule has 1 aliphatic heterocycles. The van der Waals surface area contributed by atoms with Crippen LogP contribution in [0.2, 0.25) is 0 Å². The highest BCUT2D eigenvalue weighted by Crippen LogP contribution is 2.35. The zero-order valence-corrected chi connectivity index (χ0v) is 12.0. The van der Waals surface area contributed by atoms with Gasteiger partial charge >= 0.3 is 0 Å². The van der Waals surface area contributed by atoms with Crippen LogP contribution in [0.5, 0.6) is 0 Å². The quantitative estimate of drug-likeness (QED) is 0.781. The average molecular weight is 272 g/mol. The van der Waals surface area contributed by atoms with Gasteiger partial charge in [0.05, 0.1) is 0 Å². The van der Waals surface area contributed by atoms with E-state index in [4.69, 9.17) is 0 Å². The maximum Gasteiger partial charge on any atom is 0.190 e. The van der Waals surface area contributed by atoms with E-state index in [1.165, 1.54) is 16.8 Å². The number of aromatic nitrogens is 1. The number of Topliss-reactive ketones (excluding diaryl/α,β-unsaturated/α-hetero) is 1. The molecule has 0 fully saturated rings. The smallest absolute Gasteiger partial charge is 0.190 e. The lowest BCUT2D eigenvalue weighted by Crippen LogP contribution is -2.24. The molecule has 4 heteroatoms. The minimum atomic E-state index is 0.0311. The van der Waals surface area contributed by atoms with Crippen molar-refractivity contribution in [2.75, 3.05) is 11.4 Å². The standard InChI is InChI=1S/C15H16N2OS/c1-10-5-6-14-12(8-10)4-3-7-17(14)15-16-13(9-19-15)11(2)18/h5-6,8-9H,3-4,7H2,1-2H3. The molecule has 0 spiro atoms. The van der Waals surface area contributed by atoms with Gasteiger partial charge in [-0.2, -0.15) is 0 Å². The minimum absolute atomic E-state index is 0.0311. The molecule has 1 aliphatic rings. The summed E-state index contributed by atoms with van der Waals surface area (Å²) in [5, 5.41) is 2.77. The second-order valence-electron chi connectivity index (χ2n) is 4.96. The maximum atomic E-state index is 11.4. The Labute approximate surface area is 116 Å². The van der Waals surface area contributed by atoms with Crippen molar-refractivity contribution < 1.29 is 4.79 Å². The predicted molar refractivity (Wildman–Crippen MR) is 78.6 cm³/mol. The van der Waals surface area contributed by atoms with Crippen molar-refractivity contribution in [1.29, 1.82) is 0 Å². The molecule has 2 heterocycles. The second kappa shape index (κ2) is 4.78. The molecule has 0 saturated heterocycles. The Kier molecular flexibility index (Phi) is 3.11. The lowest BCUT2D eigenvalue weighted by molar-refractivity contribution is 0.101. The third-order valence-corrected chi connectivity index (χ3v) is 4.30. The highest BCUT2D eigenvalue weighted by Gasteiger charge is 2.21. The number of hydrogen-bond donors (Lipinski definition) is 0. The Morgan fingerprint density at radius 2 is 2.26 bits per heavy atom. The van der Waals surface area contributed by atoms with Gasteiger partial charge < -0.3 is 4.90 Å². The number of carbonyl (C=O) groups is 1. The van der Waals surface area contributed by atoms with Crippen molar-refractivity contribution in [2.45, 2.75) is 26.7 Å². The summed E-state index contributed by atoms with van der Waals surface area (Å²) in [6.45, 7) is 4.66. The van der Waals surface area contributed by atoms with E-state index in [1.54, 1.807) is 18.3 Å². The van der Waals surface area contributed by atoms with E-state index in [-0.39, 0.29) is 5.78 Å². The summed E-state index contributed by atoms with van der Waals surface area (Å²) >= 11 is 1.55. The summed E-state index contributed by atoms with van der Waals surface area (Å²) < 4.78 is 0. The van der Waals surface area contributed by atoms with Crippen LogP contribution >= 0.6 is 11.3 Å². The number of aryl methyl sites for hydroxylation is 2. The SMILES string of the molecule is CC(=O)c1csc(N2CCCc3cc(C)ccc32)n1. The highest BCUT2D eigenvalue weighted by molar-refractivity contribution is 7.14. The Morgan fingerprint density at radius 3 is 3.00 bits per heavy atom. The number of hydrogen-bond acceptors (Lipinski definition) is 4. The first-order valence-corrected chi connectivity index (χ1v) is 7.36. The summed E-state index contributed by atoms with van der Waals surface area (Å²) in [6, 6.07) is 6.55. The molecule has 1 aromatic carbocycles. The van der Waals surface area contributed by atoms with E-state index in [2.05, 4.69) is 35.0 Å². The van der Waals surface area contributed by atoms with Crippen LogP contribution in [-0.2, 0) is 6.42 Å². The molecule has 1 aromatic heterocycles. The average Bonchev–Trinajstić information content (AvgIpc) is 2.87. The van der Waals surface area contributed by atoms with E-state index in [1.807, 2.05) is 5.38 Å². The van der Waals surface area contributed by atoms with Gasteiger partial charge in [-0.1, -0.05) is 17.7 Å². The van der Waals surface area contributed by atoms with Gasteiger partial charge in [0.1, 0.15) is 5.69 Å². The molecular weight excluding hydrogens is 256 g/mol. The molecule has 98 valence electrons. The summed E-state index contributed by atoms with van der Waals surface area (Å²) in [5.74, 6) is 0.0311. The topological polar surface area (TPSA) is 33.2 Å². The first kappa shape index (κ1) is 12.4. The Morgan fingerprint density at radius 1 is 1.42 bits per heavy atom. The molecule has 0 atom stereocenters. The molecule has 0 amide bonds. The summed E-state index contributed by atoms with van der Waals surface area (Å²) in [5.41, 5.74) is 4.48. The Hall–Kier alpha value is -1.68. The van der Waals surface area contributed by atoms with E-state index in [9.17, 15) is 4.79 Å². The number of rotatable bonds is 2. The summed E-state index contributed by atoms with van der Waals surface area (Å²) in [6.07, 6.45) is 2.25. The van der Waals surface area contributed by atoms with Crippen LogP contribution < -0.4 is 4.90 Å². The Bertz CT molecular complexity index is 633. The number of ketones is 1. The fourth-order valence-electron chi connectivity index (χ4n) is 2.47. The number of thiazole rings is 1. The van der Waals surface area contributed by atoms with E-state index in [0.29, 0.717) is 5.69 Å². The molecule has 0 saturated carbocycles. The van der Waals surface area contributed by atoms with Crippen LogP contribution in [0.3, 0.4) is 0 Å². The molecule has 2 aromatic rings. The molecule has 0 unspecified atom stereocenters. The number of anilines is 2. The van der Waals surface area contributed by atoms with Gasteiger partial charge in [0.25, 0.3) is 0 Å². The number of benzene rings is 1. The maximum absolute atomic E-state index is 11.4. The molecule has 3 nitrogen and oxygen atoms in total. The van der Waals surface area contributed by atoms with Gasteiger partial charge in [-0.05, 0) is 31.4 Å². The van der Waals surface area contributed by atoms with Gasteiger partial charge in [0, 0.05) is 24.5 Å². The lowest BCUT2D eigenvalue weighted by atomic mass is 10.00. The first-order valence-electron chi connectivity index (χ1n) is 6.48. The van der Waals surface area contributed by atoms with Crippen LogP contribution in [0.25, 0.3) is 0 Å². The van der Waals surface area contributed by atoms with Gasteiger partial charge in [-0.3, -0.25) is 4.79 Å².